The third-order valence-electron chi connectivity index (χ3n) is 3.86. The van der Waals surface area contributed by atoms with Crippen molar-refractivity contribution in [1.82, 2.24) is 0 Å². The summed E-state index contributed by atoms with van der Waals surface area (Å²) in [5.41, 5.74) is 0. The van der Waals surface area contributed by atoms with Gasteiger partial charge in [0, 0.05) is 0 Å². The molecule has 1 saturated carbocycles. The van der Waals surface area contributed by atoms with Crippen LogP contribution in [0.1, 0.15) is 87.0 Å². The first kappa shape index (κ1) is 18.4. The van der Waals surface area contributed by atoms with E-state index in [4.69, 9.17) is 0 Å². The van der Waals surface area contributed by atoms with E-state index in [9.17, 15) is 0 Å². The van der Waals surface area contributed by atoms with Gasteiger partial charge in [-0.05, 0) is 30.6 Å². The van der Waals surface area contributed by atoms with Crippen LogP contribution in [0.3, 0.4) is 0 Å². The largest absolute Gasteiger partial charge is 0.0776 e. The fraction of sp³-hybridized carbons (Fsp3) is 1.00. The van der Waals surface area contributed by atoms with E-state index in [2.05, 4.69) is 20.8 Å². The van der Waals surface area contributed by atoms with Crippen LogP contribution < -0.4 is 0 Å². The van der Waals surface area contributed by atoms with Gasteiger partial charge in [-0.3, -0.25) is 0 Å². The zero-order chi connectivity index (χ0) is 10.4. The van der Waals surface area contributed by atoms with Crippen LogP contribution in [-0.2, 0) is 0 Å². The molecular weight excluding hydrogens is 192 g/mol. The van der Waals surface area contributed by atoms with Crippen LogP contribution in [0.5, 0.6) is 0 Å². The first-order chi connectivity index (χ1) is 6.76. The molecule has 1 fully saturated rings. The minimum atomic E-state index is 0. The average molecular weight is 228 g/mol. The van der Waals surface area contributed by atoms with E-state index in [-0.39, 0.29) is 14.9 Å². The molecule has 1 rings (SSSR count). The third-order valence-corrected chi connectivity index (χ3v) is 3.86. The predicted octanol–water partition coefficient (Wildman–Crippen LogP) is 6.30. The van der Waals surface area contributed by atoms with Crippen molar-refractivity contribution in [3.8, 4) is 0 Å². The van der Waals surface area contributed by atoms with E-state index in [1.165, 1.54) is 51.4 Å². The maximum absolute atomic E-state index is 2.46. The monoisotopic (exact) mass is 228 g/mol. The van der Waals surface area contributed by atoms with E-state index in [0.29, 0.717) is 0 Å². The summed E-state index contributed by atoms with van der Waals surface area (Å²) in [4.78, 5) is 0. The second-order valence-corrected chi connectivity index (χ2v) is 5.46. The second kappa shape index (κ2) is 10.2. The Morgan fingerprint density at radius 2 is 1.38 bits per heavy atom. The Balaban J connectivity index is 0. The topological polar surface area (TPSA) is 0 Å². The molecule has 0 radical (unpaired) electrons. The molecule has 0 heteroatoms. The molecule has 0 heterocycles. The Morgan fingerprint density at radius 1 is 0.812 bits per heavy atom. The quantitative estimate of drug-likeness (QED) is 0.495. The van der Waals surface area contributed by atoms with Crippen molar-refractivity contribution in [2.45, 2.75) is 87.0 Å². The standard InChI is InChI=1S/C14H28.2CH4/c1-4-6-13-9-8-12(3)10-14(11-13)7-5-2;;/h12-14H,4-11H2,1-3H3;2*1H4. The van der Waals surface area contributed by atoms with Gasteiger partial charge in [-0.2, -0.15) is 0 Å². The van der Waals surface area contributed by atoms with Gasteiger partial charge in [0.25, 0.3) is 0 Å². The Kier molecular flexibility index (Phi) is 11.7. The van der Waals surface area contributed by atoms with Crippen molar-refractivity contribution in [3.63, 3.8) is 0 Å². The molecule has 0 spiro atoms. The zero-order valence-corrected chi connectivity index (χ0v) is 10.4. The Morgan fingerprint density at radius 3 is 1.94 bits per heavy atom. The molecule has 0 amide bonds. The summed E-state index contributed by atoms with van der Waals surface area (Å²) in [6.45, 7) is 7.13. The lowest BCUT2D eigenvalue weighted by Gasteiger charge is -2.19. The molecule has 16 heavy (non-hydrogen) atoms. The number of hydrogen-bond donors (Lipinski definition) is 0. The van der Waals surface area contributed by atoms with Crippen LogP contribution in [0.4, 0.5) is 0 Å². The van der Waals surface area contributed by atoms with Gasteiger partial charge in [-0.25, -0.2) is 0 Å². The first-order valence-corrected chi connectivity index (χ1v) is 6.76. The number of hydrogen-bond acceptors (Lipinski definition) is 0. The molecule has 100 valence electrons. The van der Waals surface area contributed by atoms with Crippen LogP contribution in [0.25, 0.3) is 0 Å². The van der Waals surface area contributed by atoms with E-state index >= 15 is 0 Å². The summed E-state index contributed by atoms with van der Waals surface area (Å²) < 4.78 is 0. The molecular formula is C16H36. The lowest BCUT2D eigenvalue weighted by molar-refractivity contribution is 0.329. The second-order valence-electron chi connectivity index (χ2n) is 5.46. The molecule has 1 aliphatic carbocycles. The van der Waals surface area contributed by atoms with Crippen molar-refractivity contribution in [1.29, 1.82) is 0 Å². The van der Waals surface area contributed by atoms with Crippen LogP contribution >= 0.6 is 0 Å². The third kappa shape index (κ3) is 6.55. The maximum Gasteiger partial charge on any atom is -0.0409 e. The highest BCUT2D eigenvalue weighted by atomic mass is 14.3. The van der Waals surface area contributed by atoms with Gasteiger partial charge in [0.05, 0.1) is 0 Å². The lowest BCUT2D eigenvalue weighted by Crippen LogP contribution is -2.06. The molecule has 0 N–H and O–H groups in total. The summed E-state index contributed by atoms with van der Waals surface area (Å²) >= 11 is 0. The molecule has 3 unspecified atom stereocenters. The summed E-state index contributed by atoms with van der Waals surface area (Å²) in [7, 11) is 0. The van der Waals surface area contributed by atoms with E-state index in [1.807, 2.05) is 0 Å². The normalized spacial score (nSPS) is 29.8. The van der Waals surface area contributed by atoms with Gasteiger partial charge >= 0.3 is 0 Å². The van der Waals surface area contributed by atoms with Crippen molar-refractivity contribution in [2.24, 2.45) is 17.8 Å². The molecule has 0 aliphatic heterocycles. The van der Waals surface area contributed by atoms with Crippen LogP contribution in [0, 0.1) is 17.8 Å². The van der Waals surface area contributed by atoms with E-state index < -0.39 is 0 Å². The fourth-order valence-electron chi connectivity index (χ4n) is 3.21. The van der Waals surface area contributed by atoms with Gasteiger partial charge < -0.3 is 0 Å². The smallest absolute Gasteiger partial charge is 0.0409 e. The lowest BCUT2D eigenvalue weighted by atomic mass is 9.87. The van der Waals surface area contributed by atoms with Crippen LogP contribution in [0.2, 0.25) is 0 Å². The summed E-state index contributed by atoms with van der Waals surface area (Å²) in [5.74, 6) is 3.10. The summed E-state index contributed by atoms with van der Waals surface area (Å²) in [5, 5.41) is 0. The first-order valence-electron chi connectivity index (χ1n) is 6.76. The minimum Gasteiger partial charge on any atom is -0.0776 e. The van der Waals surface area contributed by atoms with Crippen molar-refractivity contribution in [2.75, 3.05) is 0 Å². The van der Waals surface area contributed by atoms with E-state index in [1.54, 1.807) is 0 Å². The molecule has 3 atom stereocenters. The molecule has 0 bridgehead atoms. The van der Waals surface area contributed by atoms with Gasteiger partial charge in [-0.1, -0.05) is 74.1 Å². The van der Waals surface area contributed by atoms with Crippen molar-refractivity contribution >= 4 is 0 Å². The molecule has 0 aromatic heterocycles. The molecule has 0 nitrogen and oxygen atoms in total. The van der Waals surface area contributed by atoms with Gasteiger partial charge in [-0.15, -0.1) is 0 Å². The Bertz CT molecular complexity index is 139. The molecule has 1 aliphatic rings. The average Bonchev–Trinajstić information content (AvgIpc) is 2.30. The predicted molar refractivity (Wildman–Crippen MR) is 77.9 cm³/mol. The maximum atomic E-state index is 2.46. The molecule has 0 aromatic carbocycles. The molecule has 0 aromatic rings. The zero-order valence-electron chi connectivity index (χ0n) is 10.4. The van der Waals surface area contributed by atoms with Gasteiger partial charge in [0.15, 0.2) is 0 Å². The molecule has 0 saturated heterocycles. The Hall–Kier alpha value is 0. The van der Waals surface area contributed by atoms with Gasteiger partial charge in [0.2, 0.25) is 0 Å². The van der Waals surface area contributed by atoms with Crippen LogP contribution in [-0.4, -0.2) is 0 Å². The SMILES string of the molecule is C.C.CCCC1CCC(C)CC(CCC)C1. The van der Waals surface area contributed by atoms with Gasteiger partial charge in [0.1, 0.15) is 0 Å². The van der Waals surface area contributed by atoms with Crippen LogP contribution in [0.15, 0.2) is 0 Å². The highest BCUT2D eigenvalue weighted by molar-refractivity contribution is 4.74. The number of rotatable bonds is 4. The summed E-state index contributed by atoms with van der Waals surface area (Å²) in [6.07, 6.45) is 11.8. The fourth-order valence-corrected chi connectivity index (χ4v) is 3.21. The highest BCUT2D eigenvalue weighted by Gasteiger charge is 2.22. The van der Waals surface area contributed by atoms with E-state index in [0.717, 1.165) is 17.8 Å². The van der Waals surface area contributed by atoms with Crippen molar-refractivity contribution in [3.05, 3.63) is 0 Å². The van der Waals surface area contributed by atoms with Crippen molar-refractivity contribution < 1.29 is 0 Å². The summed E-state index contributed by atoms with van der Waals surface area (Å²) in [6, 6.07) is 0. The Labute approximate surface area is 105 Å². The minimum absolute atomic E-state index is 0. The highest BCUT2D eigenvalue weighted by Crippen LogP contribution is 2.35.